The van der Waals surface area contributed by atoms with Crippen molar-refractivity contribution in [2.45, 2.75) is 103 Å². The van der Waals surface area contributed by atoms with Crippen molar-refractivity contribution >= 4 is 11.8 Å². The van der Waals surface area contributed by atoms with Gasteiger partial charge in [-0.25, -0.2) is 0 Å². The zero-order valence-corrected chi connectivity index (χ0v) is 20.1. The van der Waals surface area contributed by atoms with Crippen LogP contribution in [0.4, 0.5) is 0 Å². The summed E-state index contributed by atoms with van der Waals surface area (Å²) >= 11 is 0. The monoisotopic (exact) mass is 444 g/mol. The number of hydrogen-bond acceptors (Lipinski definition) is 5. The summed E-state index contributed by atoms with van der Waals surface area (Å²) in [5.41, 5.74) is 1.30. The first-order chi connectivity index (χ1) is 15.3. The van der Waals surface area contributed by atoms with Crippen LogP contribution < -0.4 is 0 Å². The van der Waals surface area contributed by atoms with Crippen LogP contribution >= 0.6 is 0 Å². The number of carbonyl (C=O) groups is 2. The highest BCUT2D eigenvalue weighted by Crippen LogP contribution is 2.64. The lowest BCUT2D eigenvalue weighted by molar-refractivity contribution is -0.239. The van der Waals surface area contributed by atoms with E-state index in [1.54, 1.807) is 7.11 Å². The van der Waals surface area contributed by atoms with Crippen molar-refractivity contribution < 1.29 is 23.8 Å². The van der Waals surface area contributed by atoms with Gasteiger partial charge in [-0.3, -0.25) is 9.59 Å². The summed E-state index contributed by atoms with van der Waals surface area (Å²) < 4.78 is 18.3. The highest BCUT2D eigenvalue weighted by Gasteiger charge is 2.60. The molecule has 0 N–H and O–H groups in total. The van der Waals surface area contributed by atoms with Crippen LogP contribution in [0.3, 0.4) is 0 Å². The zero-order valence-electron chi connectivity index (χ0n) is 20.1. The Morgan fingerprint density at radius 3 is 2.59 bits per heavy atom. The number of methoxy groups -OCH3 is 1. The molecule has 0 bridgehead atoms. The Morgan fingerprint density at radius 1 is 1.09 bits per heavy atom. The fraction of sp³-hybridized carbons (Fsp3) is 0.852. The number of allylic oxidation sites excluding steroid dienone is 1. The summed E-state index contributed by atoms with van der Waals surface area (Å²) in [6.45, 7) is 4.44. The highest BCUT2D eigenvalue weighted by molar-refractivity contribution is 5.87. The Hall–Kier alpha value is -1.20. The first-order valence-corrected chi connectivity index (χ1v) is 12.9. The molecule has 4 fully saturated rings. The molecule has 0 amide bonds. The number of rotatable bonds is 5. The molecule has 0 aromatic carbocycles. The fourth-order valence-electron chi connectivity index (χ4n) is 8.38. The summed E-state index contributed by atoms with van der Waals surface area (Å²) in [4.78, 5) is 24.4. The van der Waals surface area contributed by atoms with E-state index in [0.717, 1.165) is 77.0 Å². The highest BCUT2D eigenvalue weighted by atomic mass is 16.7. The van der Waals surface area contributed by atoms with Crippen molar-refractivity contribution in [3.63, 3.8) is 0 Å². The molecule has 5 rings (SSSR count). The van der Waals surface area contributed by atoms with Gasteiger partial charge in [-0.15, -0.1) is 0 Å². The summed E-state index contributed by atoms with van der Waals surface area (Å²) in [5, 5.41) is 0. The van der Waals surface area contributed by atoms with Gasteiger partial charge in [0.15, 0.2) is 5.79 Å². The molecule has 5 aliphatic rings. The van der Waals surface area contributed by atoms with Crippen molar-refractivity contribution in [2.75, 3.05) is 13.7 Å². The second-order valence-corrected chi connectivity index (χ2v) is 11.5. The van der Waals surface area contributed by atoms with Gasteiger partial charge in [0.1, 0.15) is 11.9 Å². The van der Waals surface area contributed by atoms with E-state index in [0.29, 0.717) is 30.1 Å². The van der Waals surface area contributed by atoms with E-state index in [9.17, 15) is 9.59 Å². The molecule has 0 heterocycles. The maximum absolute atomic E-state index is 12.8. The quantitative estimate of drug-likeness (QED) is 0.324. The summed E-state index contributed by atoms with van der Waals surface area (Å²) in [7, 11) is 1.79. The van der Waals surface area contributed by atoms with Gasteiger partial charge in [0, 0.05) is 50.5 Å². The fourth-order valence-corrected chi connectivity index (χ4v) is 8.38. The second kappa shape index (κ2) is 8.23. The lowest BCUT2D eigenvalue weighted by atomic mass is 9.47. The predicted octanol–water partition coefficient (Wildman–Crippen LogP) is 5.36. The minimum Gasteiger partial charge on any atom is -0.462 e. The lowest BCUT2D eigenvalue weighted by Crippen LogP contribution is -2.54. The van der Waals surface area contributed by atoms with Gasteiger partial charge < -0.3 is 14.2 Å². The maximum Gasteiger partial charge on any atom is 0.302 e. The Kier molecular flexibility index (Phi) is 5.81. The van der Waals surface area contributed by atoms with Gasteiger partial charge in [-0.2, -0.15) is 0 Å². The van der Waals surface area contributed by atoms with Crippen LogP contribution in [0.5, 0.6) is 0 Å². The van der Waals surface area contributed by atoms with E-state index in [2.05, 4.69) is 13.0 Å². The van der Waals surface area contributed by atoms with Gasteiger partial charge >= 0.3 is 5.97 Å². The van der Waals surface area contributed by atoms with Crippen LogP contribution in [0.25, 0.3) is 0 Å². The molecule has 4 saturated carbocycles. The molecule has 0 saturated heterocycles. The molecule has 5 aliphatic carbocycles. The molecule has 0 aromatic rings. The van der Waals surface area contributed by atoms with E-state index < -0.39 is 5.79 Å². The normalized spacial score (nSPS) is 42.6. The topological polar surface area (TPSA) is 61.8 Å². The van der Waals surface area contributed by atoms with E-state index in [4.69, 9.17) is 14.2 Å². The summed E-state index contributed by atoms with van der Waals surface area (Å²) in [5.74, 6) is 1.46. The lowest BCUT2D eigenvalue weighted by Gasteiger charge is -2.58. The van der Waals surface area contributed by atoms with Crippen LogP contribution in [0.15, 0.2) is 11.6 Å². The minimum atomic E-state index is -0.438. The average Bonchev–Trinajstić information content (AvgIpc) is 3.37. The molecular weight excluding hydrogens is 404 g/mol. The van der Waals surface area contributed by atoms with Crippen molar-refractivity contribution in [3.8, 4) is 0 Å². The molecule has 0 spiro atoms. The molecular formula is C27H40O5. The average molecular weight is 445 g/mol. The predicted molar refractivity (Wildman–Crippen MR) is 121 cm³/mol. The van der Waals surface area contributed by atoms with E-state index in [1.807, 2.05) is 0 Å². The maximum atomic E-state index is 12.8. The van der Waals surface area contributed by atoms with Crippen molar-refractivity contribution in [2.24, 2.45) is 28.6 Å². The minimum absolute atomic E-state index is 0.0132. The smallest absolute Gasteiger partial charge is 0.302 e. The van der Waals surface area contributed by atoms with Gasteiger partial charge in [-0.1, -0.05) is 18.6 Å². The van der Waals surface area contributed by atoms with Crippen molar-refractivity contribution in [3.05, 3.63) is 11.6 Å². The van der Waals surface area contributed by atoms with E-state index in [1.165, 1.54) is 12.5 Å². The van der Waals surface area contributed by atoms with Gasteiger partial charge in [0.2, 0.25) is 0 Å². The first-order valence-electron chi connectivity index (χ1n) is 12.9. The second-order valence-electron chi connectivity index (χ2n) is 11.5. The van der Waals surface area contributed by atoms with E-state index >= 15 is 0 Å². The van der Waals surface area contributed by atoms with Crippen LogP contribution in [-0.2, 0) is 23.8 Å². The summed E-state index contributed by atoms with van der Waals surface area (Å²) in [6, 6.07) is 0. The number of ether oxygens (including phenoxy) is 3. The first kappa shape index (κ1) is 22.6. The van der Waals surface area contributed by atoms with E-state index in [-0.39, 0.29) is 22.9 Å². The van der Waals surface area contributed by atoms with Crippen LogP contribution in [0.2, 0.25) is 0 Å². The van der Waals surface area contributed by atoms with Crippen LogP contribution in [0.1, 0.15) is 90.9 Å². The number of Topliss-reactive ketones (excluding diaryl/α,β-unsaturated/α-hetero) is 1. The third-order valence-corrected chi connectivity index (χ3v) is 10.2. The van der Waals surface area contributed by atoms with Crippen LogP contribution in [0, 0.1) is 28.6 Å². The Labute approximate surface area is 192 Å². The number of esters is 1. The van der Waals surface area contributed by atoms with Crippen molar-refractivity contribution in [1.29, 1.82) is 0 Å². The van der Waals surface area contributed by atoms with Crippen LogP contribution in [-0.4, -0.2) is 37.4 Å². The number of hydrogen-bond donors (Lipinski definition) is 0. The number of fused-ring (bicyclic) bond motifs is 5. The third-order valence-electron chi connectivity index (χ3n) is 10.2. The summed E-state index contributed by atoms with van der Waals surface area (Å²) in [6.07, 6.45) is 14.4. The molecule has 5 nitrogen and oxygen atoms in total. The molecule has 0 radical (unpaired) electrons. The van der Waals surface area contributed by atoms with Gasteiger partial charge in [-0.05, 0) is 69.1 Å². The molecule has 0 aliphatic heterocycles. The number of ketones is 1. The Balaban J connectivity index is 1.45. The largest absolute Gasteiger partial charge is 0.462 e. The molecule has 0 unspecified atom stereocenters. The molecule has 6 atom stereocenters. The number of carbonyl (C=O) groups excluding carboxylic acids is 2. The molecule has 5 heteroatoms. The molecule has 32 heavy (non-hydrogen) atoms. The van der Waals surface area contributed by atoms with Crippen molar-refractivity contribution in [1.82, 2.24) is 0 Å². The standard InChI is InChI=1S/C27H40O5/c1-18(28)32-20-10-15-26(17-31-27(30-3)12-4-5-13-27)19(16-20)6-7-21-22-8-9-24(29)25(22,2)14-11-23(21)26/h6,20-23H,4-5,7-17H2,1-3H3/t20-,21-,22-,23-,25-,26+/m0/s1. The Bertz CT molecular complexity index is 796. The molecule has 178 valence electrons. The van der Waals surface area contributed by atoms with Gasteiger partial charge in [0.05, 0.1) is 6.61 Å². The van der Waals surface area contributed by atoms with Gasteiger partial charge in [0.25, 0.3) is 0 Å². The Morgan fingerprint density at radius 2 is 1.88 bits per heavy atom. The SMILES string of the molecule is COC1(OC[C@]23CC[C@H](OC(C)=O)CC2=CC[C@@H]2[C@@H]3CC[C@]3(C)C(=O)CC[C@@H]23)CCCC1. The molecule has 0 aromatic heterocycles. The third kappa shape index (κ3) is 3.50. The zero-order chi connectivity index (χ0) is 22.6.